The number of aromatic nitrogens is 5. The summed E-state index contributed by atoms with van der Waals surface area (Å²) in [5, 5.41) is 17.4. The number of benzene rings is 2. The Bertz CT molecular complexity index is 1760. The van der Waals surface area contributed by atoms with Crippen molar-refractivity contribution >= 4 is 35.8 Å². The van der Waals surface area contributed by atoms with Gasteiger partial charge >= 0.3 is 0 Å². The first-order chi connectivity index (χ1) is 23.7. The molecule has 6 N–H and O–H groups in total. The number of primary amides is 1. The molecule has 1 saturated heterocycles. The molecule has 2 aromatic heterocycles. The Kier molecular flexibility index (Phi) is 11.9. The Labute approximate surface area is 298 Å². The van der Waals surface area contributed by atoms with E-state index >= 15 is 0 Å². The van der Waals surface area contributed by atoms with Crippen LogP contribution in [0.2, 0.25) is 0 Å². The lowest BCUT2D eigenvalue weighted by molar-refractivity contribution is -0.127. The van der Waals surface area contributed by atoms with Gasteiger partial charge in [0.2, 0.25) is 11.8 Å². The van der Waals surface area contributed by atoms with Crippen molar-refractivity contribution < 1.29 is 14.4 Å². The van der Waals surface area contributed by atoms with E-state index in [-0.39, 0.29) is 42.6 Å². The highest BCUT2D eigenvalue weighted by Crippen LogP contribution is 2.33. The first kappa shape index (κ1) is 36.6. The number of carbonyl (C=O) groups excluding carboxylic acids is 3. The fraction of sp³-hybridized carbons (Fsp3) is 0.417. The molecule has 2 aliphatic rings. The van der Waals surface area contributed by atoms with Crippen molar-refractivity contribution in [3.8, 4) is 22.5 Å². The summed E-state index contributed by atoms with van der Waals surface area (Å²) in [7, 11) is 0. The number of anilines is 1. The molecule has 13 nitrogen and oxygen atoms in total. The van der Waals surface area contributed by atoms with Crippen molar-refractivity contribution in [3.63, 3.8) is 0 Å². The Balaban J connectivity index is 0.00000486. The van der Waals surface area contributed by atoms with Crippen LogP contribution >= 0.6 is 12.4 Å². The van der Waals surface area contributed by atoms with Gasteiger partial charge in [-0.1, -0.05) is 24.3 Å². The van der Waals surface area contributed by atoms with Crippen molar-refractivity contribution in [2.45, 2.75) is 58.0 Å². The van der Waals surface area contributed by atoms with E-state index in [1.165, 1.54) is 0 Å². The highest BCUT2D eigenvalue weighted by atomic mass is 35.5. The van der Waals surface area contributed by atoms with Gasteiger partial charge in [-0.15, -0.1) is 17.5 Å². The van der Waals surface area contributed by atoms with E-state index in [2.05, 4.69) is 37.8 Å². The number of aryl methyl sites for hydroxylation is 1. The smallest absolute Gasteiger partial charge is 0.272 e. The maximum Gasteiger partial charge on any atom is 0.272 e. The summed E-state index contributed by atoms with van der Waals surface area (Å²) >= 11 is 0. The molecule has 4 aromatic rings. The van der Waals surface area contributed by atoms with Crippen molar-refractivity contribution in [1.29, 1.82) is 0 Å². The number of halogens is 1. The zero-order chi connectivity index (χ0) is 34.5. The molecule has 3 amide bonds. The molecule has 1 saturated carbocycles. The lowest BCUT2D eigenvalue weighted by Crippen LogP contribution is -2.52. The van der Waals surface area contributed by atoms with E-state index in [9.17, 15) is 14.4 Å². The van der Waals surface area contributed by atoms with Gasteiger partial charge in [-0.3, -0.25) is 24.3 Å². The third-order valence-electron chi connectivity index (χ3n) is 9.85. The minimum absolute atomic E-state index is 0. The van der Waals surface area contributed by atoms with E-state index in [1.807, 2.05) is 54.3 Å². The van der Waals surface area contributed by atoms with Gasteiger partial charge in [-0.05, 0) is 109 Å². The number of nitrogens with two attached hydrogens (primary N) is 2. The van der Waals surface area contributed by atoms with Crippen LogP contribution in [0.5, 0.6) is 0 Å². The lowest BCUT2D eigenvalue weighted by atomic mass is 9.81. The molecule has 2 atom stereocenters. The van der Waals surface area contributed by atoms with Crippen molar-refractivity contribution in [1.82, 2.24) is 35.8 Å². The molecule has 2 fully saturated rings. The predicted octanol–water partition coefficient (Wildman–Crippen LogP) is 3.29. The van der Waals surface area contributed by atoms with Crippen LogP contribution in [-0.4, -0.2) is 86.5 Å². The third-order valence-corrected chi connectivity index (χ3v) is 9.85. The number of amides is 3. The quantitative estimate of drug-likeness (QED) is 0.192. The Morgan fingerprint density at radius 2 is 1.72 bits per heavy atom. The van der Waals surface area contributed by atoms with E-state index in [0.29, 0.717) is 55.6 Å². The monoisotopic (exact) mass is 700 g/mol. The lowest BCUT2D eigenvalue weighted by Gasteiger charge is -2.35. The van der Waals surface area contributed by atoms with Crippen LogP contribution in [0.4, 0.5) is 5.69 Å². The van der Waals surface area contributed by atoms with E-state index < -0.39 is 11.9 Å². The second kappa shape index (κ2) is 16.3. The van der Waals surface area contributed by atoms with Gasteiger partial charge in [0.15, 0.2) is 5.82 Å². The summed E-state index contributed by atoms with van der Waals surface area (Å²) < 4.78 is 0. The van der Waals surface area contributed by atoms with Crippen LogP contribution in [0, 0.1) is 18.8 Å². The van der Waals surface area contributed by atoms with Crippen molar-refractivity contribution in [3.05, 3.63) is 77.6 Å². The molecule has 264 valence electrons. The highest BCUT2D eigenvalue weighted by molar-refractivity contribution is 6.02. The van der Waals surface area contributed by atoms with Crippen LogP contribution in [0.25, 0.3) is 22.5 Å². The number of nitrogens with zero attached hydrogens (tertiary/aromatic N) is 6. The number of aromatic amines is 1. The molecule has 3 heterocycles. The second-order valence-corrected chi connectivity index (χ2v) is 13.3. The summed E-state index contributed by atoms with van der Waals surface area (Å²) in [6.07, 6.45) is 5.16. The Morgan fingerprint density at radius 3 is 2.32 bits per heavy atom. The van der Waals surface area contributed by atoms with Gasteiger partial charge in [0, 0.05) is 61.0 Å². The zero-order valence-corrected chi connectivity index (χ0v) is 29.2. The van der Waals surface area contributed by atoms with E-state index in [4.69, 9.17) is 11.5 Å². The third kappa shape index (κ3) is 8.18. The fourth-order valence-electron chi connectivity index (χ4n) is 6.98. The molecule has 0 bridgehead atoms. The first-order valence-corrected chi connectivity index (χ1v) is 17.0. The standard InChI is InChI=1S/C36H44N10O3.ClH/c1-22-17-31(36(49)45-16-15-39-23(2)21-45)40-20-30(22)26-7-3-24(4-8-26)18-32(33(38)47)46(35(48)28-9-5-25(19-37)6-10-28)29-13-11-27(12-14-29)34-41-43-44-42-34;/h3-4,7-8,11-14,17,20,23,25,28,32,39H,5-6,9-10,15-16,18-19,21,37H2,1-2H3,(H2,38,47)(H,41,42,43,44);1H/t23?,25-,28-,32-;/m0./s1. The number of hydrogen-bond donors (Lipinski definition) is 4. The summed E-state index contributed by atoms with van der Waals surface area (Å²) in [6.45, 7) is 6.72. The van der Waals surface area contributed by atoms with Crippen LogP contribution in [0.1, 0.15) is 54.2 Å². The first-order valence-electron chi connectivity index (χ1n) is 17.0. The van der Waals surface area contributed by atoms with Gasteiger partial charge < -0.3 is 21.7 Å². The summed E-state index contributed by atoms with van der Waals surface area (Å²) in [4.78, 5) is 48.4. The SMILES string of the molecule is Cc1cc(C(=O)N2CCNC(C)C2)ncc1-c1ccc(C[C@@H](C(N)=O)N(c2ccc(-c3nnn[nH]3)cc2)C(=O)[C@H]2CC[C@H](CN)CC2)cc1.Cl. The molecule has 1 aliphatic heterocycles. The average molecular weight is 701 g/mol. The average Bonchev–Trinajstić information content (AvgIpc) is 3.67. The van der Waals surface area contributed by atoms with E-state index in [0.717, 1.165) is 47.2 Å². The molecular formula is C36H45ClN10O3. The molecular weight excluding hydrogens is 656 g/mol. The number of hydrogen-bond acceptors (Lipinski definition) is 9. The van der Waals surface area contributed by atoms with Gasteiger partial charge in [0.1, 0.15) is 11.7 Å². The zero-order valence-electron chi connectivity index (χ0n) is 28.4. The summed E-state index contributed by atoms with van der Waals surface area (Å²) in [5.41, 5.74) is 17.4. The Hall–Kier alpha value is -4.72. The molecule has 0 radical (unpaired) electrons. The van der Waals surface area contributed by atoms with Gasteiger partial charge in [0.05, 0.1) is 0 Å². The molecule has 6 rings (SSSR count). The van der Waals surface area contributed by atoms with Crippen LogP contribution in [0.15, 0.2) is 60.8 Å². The van der Waals surface area contributed by atoms with E-state index in [1.54, 1.807) is 23.2 Å². The number of H-pyrrole nitrogens is 1. The molecule has 2 aromatic carbocycles. The van der Waals surface area contributed by atoms with Crippen molar-refractivity contribution in [2.75, 3.05) is 31.1 Å². The fourth-order valence-corrected chi connectivity index (χ4v) is 6.98. The highest BCUT2D eigenvalue weighted by Gasteiger charge is 2.36. The normalized spacial score (nSPS) is 19.7. The van der Waals surface area contributed by atoms with Gasteiger partial charge in [-0.25, -0.2) is 5.10 Å². The largest absolute Gasteiger partial charge is 0.368 e. The number of rotatable bonds is 10. The maximum absolute atomic E-state index is 14.2. The number of nitrogens with one attached hydrogen (secondary N) is 2. The predicted molar refractivity (Wildman–Crippen MR) is 193 cm³/mol. The summed E-state index contributed by atoms with van der Waals surface area (Å²) in [6, 6.07) is 16.2. The molecule has 0 spiro atoms. The number of tetrazole rings is 1. The number of carbonyl (C=O) groups is 3. The minimum atomic E-state index is -0.912. The van der Waals surface area contributed by atoms with Crippen LogP contribution in [0.3, 0.4) is 0 Å². The van der Waals surface area contributed by atoms with Crippen LogP contribution < -0.4 is 21.7 Å². The maximum atomic E-state index is 14.2. The summed E-state index contributed by atoms with van der Waals surface area (Å²) in [5.74, 6) is -0.0916. The topological polar surface area (TPSA) is 189 Å². The molecule has 50 heavy (non-hydrogen) atoms. The van der Waals surface area contributed by atoms with Gasteiger partial charge in [0.25, 0.3) is 5.91 Å². The molecule has 1 unspecified atom stereocenters. The molecule has 1 aliphatic carbocycles. The number of piperazine rings is 1. The van der Waals surface area contributed by atoms with Crippen LogP contribution in [-0.2, 0) is 16.0 Å². The number of pyridine rings is 1. The minimum Gasteiger partial charge on any atom is -0.368 e. The molecule has 14 heteroatoms. The van der Waals surface area contributed by atoms with Crippen molar-refractivity contribution in [2.24, 2.45) is 23.3 Å². The Morgan fingerprint density at radius 1 is 1.02 bits per heavy atom. The second-order valence-electron chi connectivity index (χ2n) is 13.3. The van der Waals surface area contributed by atoms with Gasteiger partial charge in [-0.2, -0.15) is 0 Å².